The van der Waals surface area contributed by atoms with Crippen molar-refractivity contribution < 1.29 is 23.8 Å². The molecule has 5 rings (SSSR count). The average Bonchev–Trinajstić information content (AvgIpc) is 2.90. The number of fused-ring (bicyclic) bond motifs is 2. The molecule has 1 aliphatic carbocycles. The lowest BCUT2D eigenvalue weighted by Crippen LogP contribution is -2.43. The molecule has 2 N–H and O–H groups in total. The van der Waals surface area contributed by atoms with E-state index in [0.29, 0.717) is 16.9 Å². The third kappa shape index (κ3) is 5.75. The molecule has 1 spiro atoms. The van der Waals surface area contributed by atoms with Gasteiger partial charge in [0.05, 0.1) is 12.0 Å². The zero-order chi connectivity index (χ0) is 26.7. The molecule has 0 bridgehead atoms. The number of ether oxygens (including phenoxy) is 1. The first kappa shape index (κ1) is 26.4. The number of thioether (sulfide) groups is 1. The highest BCUT2D eigenvalue weighted by atomic mass is 32.2. The summed E-state index contributed by atoms with van der Waals surface area (Å²) in [6.45, 7) is 1.81. The molecule has 200 valence electrons. The van der Waals surface area contributed by atoms with Crippen molar-refractivity contribution in [2.45, 2.75) is 75.7 Å². The minimum atomic E-state index is -1.11. The Kier molecular flexibility index (Phi) is 7.79. The van der Waals surface area contributed by atoms with Crippen molar-refractivity contribution in [3.63, 3.8) is 0 Å². The molecule has 1 amide bonds. The van der Waals surface area contributed by atoms with Crippen LogP contribution in [-0.4, -0.2) is 34.4 Å². The average molecular weight is 536 g/mol. The fraction of sp³-hybridized carbons (Fsp3) is 0.433. The number of benzene rings is 2. The molecule has 1 atom stereocenters. The highest BCUT2D eigenvalue weighted by Gasteiger charge is 2.37. The van der Waals surface area contributed by atoms with E-state index in [2.05, 4.69) is 5.32 Å². The zero-order valence-electron chi connectivity index (χ0n) is 21.6. The molecule has 0 saturated heterocycles. The molecule has 38 heavy (non-hydrogen) atoms. The van der Waals surface area contributed by atoms with Crippen LogP contribution in [0.5, 0.6) is 5.75 Å². The minimum Gasteiger partial charge on any atom is -0.487 e. The molecule has 0 radical (unpaired) electrons. The number of amides is 1. The standard InChI is InChI=1S/C30H33NO6S/c1-19-22-14-21-10-13-30(11-6-3-7-12-30)37-25(21)16-26(22)36-29(35)23(19)15-27(32)31-24(28(33)34)18-38-17-20-8-4-2-5-9-20/h2,4-5,8-9,14,16,24H,3,6-7,10-13,15,17-18H2,1H3,(H,31,32)(H,33,34)/t24-/m0/s1. The Hall–Kier alpha value is -3.26. The second-order valence-corrected chi connectivity index (χ2v) is 11.5. The summed E-state index contributed by atoms with van der Waals surface area (Å²) in [5.74, 6) is 0.0188. The number of carboxylic acids is 1. The first-order valence-electron chi connectivity index (χ1n) is 13.3. The summed E-state index contributed by atoms with van der Waals surface area (Å²) >= 11 is 1.43. The molecular formula is C30H33NO6S. The van der Waals surface area contributed by atoms with Gasteiger partial charge in [-0.3, -0.25) is 4.79 Å². The first-order valence-corrected chi connectivity index (χ1v) is 14.4. The smallest absolute Gasteiger partial charge is 0.340 e. The minimum absolute atomic E-state index is 0.105. The summed E-state index contributed by atoms with van der Waals surface area (Å²) < 4.78 is 12.1. The number of nitrogens with one attached hydrogen (secondary N) is 1. The van der Waals surface area contributed by atoms with Crippen molar-refractivity contribution in [1.82, 2.24) is 5.32 Å². The van der Waals surface area contributed by atoms with Gasteiger partial charge in [0.15, 0.2) is 0 Å². The van der Waals surface area contributed by atoms with Gasteiger partial charge < -0.3 is 19.6 Å². The summed E-state index contributed by atoms with van der Waals surface area (Å²) in [4.78, 5) is 37.5. The van der Waals surface area contributed by atoms with E-state index >= 15 is 0 Å². The predicted molar refractivity (Wildman–Crippen MR) is 148 cm³/mol. The number of carbonyl (C=O) groups excluding carboxylic acids is 1. The van der Waals surface area contributed by atoms with Crippen LogP contribution in [-0.2, 0) is 28.2 Å². The van der Waals surface area contributed by atoms with Gasteiger partial charge in [0.2, 0.25) is 5.91 Å². The van der Waals surface area contributed by atoms with E-state index in [1.54, 1.807) is 0 Å². The lowest BCUT2D eigenvalue weighted by atomic mass is 9.79. The van der Waals surface area contributed by atoms with Crippen LogP contribution in [0.3, 0.4) is 0 Å². The summed E-state index contributed by atoms with van der Waals surface area (Å²) in [5.41, 5.74) is 2.85. The van der Waals surface area contributed by atoms with E-state index in [1.807, 2.05) is 49.4 Å². The van der Waals surface area contributed by atoms with Crippen LogP contribution in [0.2, 0.25) is 0 Å². The van der Waals surface area contributed by atoms with E-state index < -0.39 is 23.5 Å². The normalized spacial score (nSPS) is 17.0. The molecule has 7 nitrogen and oxygen atoms in total. The summed E-state index contributed by atoms with van der Waals surface area (Å²) in [6, 6.07) is 12.5. The van der Waals surface area contributed by atoms with Crippen molar-refractivity contribution in [3.05, 3.63) is 75.1 Å². The van der Waals surface area contributed by atoms with Crippen LogP contribution in [0.15, 0.2) is 51.7 Å². The quantitative estimate of drug-likeness (QED) is 0.383. The Labute approximate surface area is 226 Å². The molecule has 1 saturated carbocycles. The lowest BCUT2D eigenvalue weighted by molar-refractivity contribution is -0.141. The van der Waals surface area contributed by atoms with Crippen LogP contribution < -0.4 is 15.7 Å². The fourth-order valence-electron chi connectivity index (χ4n) is 5.60. The number of aliphatic carboxylic acids is 1. The first-order chi connectivity index (χ1) is 18.3. The number of carbonyl (C=O) groups is 2. The largest absolute Gasteiger partial charge is 0.487 e. The van der Waals surface area contributed by atoms with Crippen LogP contribution in [0.4, 0.5) is 0 Å². The van der Waals surface area contributed by atoms with Gasteiger partial charge >= 0.3 is 11.6 Å². The van der Waals surface area contributed by atoms with Crippen LogP contribution in [0.25, 0.3) is 11.0 Å². The maximum Gasteiger partial charge on any atom is 0.340 e. The highest BCUT2D eigenvalue weighted by molar-refractivity contribution is 7.98. The van der Waals surface area contributed by atoms with Crippen molar-refractivity contribution in [3.8, 4) is 5.75 Å². The molecule has 1 fully saturated rings. The fourth-order valence-corrected chi connectivity index (χ4v) is 6.61. The Morgan fingerprint density at radius 2 is 1.87 bits per heavy atom. The molecule has 1 aliphatic heterocycles. The van der Waals surface area contributed by atoms with Gasteiger partial charge in [-0.2, -0.15) is 11.8 Å². The van der Waals surface area contributed by atoms with Crippen molar-refractivity contribution in [2.24, 2.45) is 0 Å². The number of hydrogen-bond donors (Lipinski definition) is 2. The number of aryl methyl sites for hydroxylation is 2. The van der Waals surface area contributed by atoms with Crippen LogP contribution >= 0.6 is 11.8 Å². The van der Waals surface area contributed by atoms with Gasteiger partial charge in [0, 0.05) is 23.0 Å². The van der Waals surface area contributed by atoms with E-state index in [9.17, 15) is 19.5 Å². The molecule has 8 heteroatoms. The molecular weight excluding hydrogens is 502 g/mol. The van der Waals surface area contributed by atoms with Gasteiger partial charge in [-0.1, -0.05) is 36.8 Å². The number of hydrogen-bond acceptors (Lipinski definition) is 6. The maximum absolute atomic E-state index is 12.9. The Morgan fingerprint density at radius 3 is 2.61 bits per heavy atom. The van der Waals surface area contributed by atoms with E-state index in [4.69, 9.17) is 9.15 Å². The van der Waals surface area contributed by atoms with Gasteiger partial charge in [0.25, 0.3) is 0 Å². The Morgan fingerprint density at radius 1 is 1.11 bits per heavy atom. The molecule has 2 aromatic carbocycles. The summed E-state index contributed by atoms with van der Waals surface area (Å²) in [5, 5.41) is 13.0. The predicted octanol–water partition coefficient (Wildman–Crippen LogP) is 5.17. The molecule has 0 unspecified atom stereocenters. The molecule has 2 aliphatic rings. The van der Waals surface area contributed by atoms with Crippen molar-refractivity contribution >= 4 is 34.6 Å². The van der Waals surface area contributed by atoms with Gasteiger partial charge in [0.1, 0.15) is 23.0 Å². The topological polar surface area (TPSA) is 106 Å². The Balaban J connectivity index is 1.29. The summed E-state index contributed by atoms with van der Waals surface area (Å²) in [7, 11) is 0. The third-order valence-corrected chi connectivity index (χ3v) is 8.88. The second kappa shape index (κ2) is 11.2. The zero-order valence-corrected chi connectivity index (χ0v) is 22.4. The van der Waals surface area contributed by atoms with Crippen molar-refractivity contribution in [1.29, 1.82) is 0 Å². The molecule has 2 heterocycles. The second-order valence-electron chi connectivity index (χ2n) is 10.4. The number of rotatable bonds is 8. The van der Waals surface area contributed by atoms with E-state index in [0.717, 1.165) is 47.9 Å². The Bertz CT molecular complexity index is 1390. The van der Waals surface area contributed by atoms with Crippen LogP contribution in [0, 0.1) is 6.92 Å². The van der Waals surface area contributed by atoms with Gasteiger partial charge in [-0.05, 0) is 68.2 Å². The monoisotopic (exact) mass is 535 g/mol. The highest BCUT2D eigenvalue weighted by Crippen LogP contribution is 2.43. The van der Waals surface area contributed by atoms with E-state index in [1.165, 1.54) is 31.0 Å². The SMILES string of the molecule is Cc1c(CC(=O)N[C@@H](CSCc2ccccc2)C(=O)O)c(=O)oc2cc3c(cc12)CCC1(CCCCC1)O3. The molecule has 1 aromatic heterocycles. The van der Waals surface area contributed by atoms with Gasteiger partial charge in [-0.15, -0.1) is 0 Å². The summed E-state index contributed by atoms with van der Waals surface area (Å²) in [6.07, 6.45) is 7.37. The van der Waals surface area contributed by atoms with Crippen molar-refractivity contribution in [2.75, 3.05) is 5.75 Å². The van der Waals surface area contributed by atoms with E-state index in [-0.39, 0.29) is 23.3 Å². The van der Waals surface area contributed by atoms with Crippen LogP contribution in [0.1, 0.15) is 60.8 Å². The maximum atomic E-state index is 12.9. The van der Waals surface area contributed by atoms with Gasteiger partial charge in [-0.25, -0.2) is 9.59 Å². The number of carboxylic acid groups (broad SMARTS) is 1. The third-order valence-electron chi connectivity index (χ3n) is 7.78. The molecule has 3 aromatic rings. The lowest BCUT2D eigenvalue weighted by Gasteiger charge is -2.41.